The van der Waals surface area contributed by atoms with Gasteiger partial charge in [-0.15, -0.1) is 0 Å². The van der Waals surface area contributed by atoms with E-state index in [9.17, 15) is 0 Å². The van der Waals surface area contributed by atoms with E-state index in [1.807, 2.05) is 13.1 Å². The molecule has 1 aromatic heterocycles. The van der Waals surface area contributed by atoms with Crippen LogP contribution in [0.25, 0.3) is 0 Å². The van der Waals surface area contributed by atoms with Gasteiger partial charge in [0.1, 0.15) is 0 Å². The zero-order valence-electron chi connectivity index (χ0n) is 10.7. The average molecular weight is 233 g/mol. The largest absolute Gasteiger partial charge is 0.330 e. The summed E-state index contributed by atoms with van der Waals surface area (Å²) < 4.78 is 0. The van der Waals surface area contributed by atoms with Gasteiger partial charge in [0.05, 0.1) is 0 Å². The highest BCUT2D eigenvalue weighted by molar-refractivity contribution is 5.13. The third-order valence-corrected chi connectivity index (χ3v) is 3.56. The van der Waals surface area contributed by atoms with Gasteiger partial charge in [-0.25, -0.2) is 0 Å². The van der Waals surface area contributed by atoms with Crippen LogP contribution in [0.2, 0.25) is 0 Å². The van der Waals surface area contributed by atoms with Crippen molar-refractivity contribution in [2.24, 2.45) is 11.7 Å². The summed E-state index contributed by atoms with van der Waals surface area (Å²) in [6, 6.07) is 4.28. The molecule has 17 heavy (non-hydrogen) atoms. The SMILES string of the molecule is Cc1ccc(CN2CCCC(CCN)C2)cn1. The lowest BCUT2D eigenvalue weighted by Gasteiger charge is -2.32. The van der Waals surface area contributed by atoms with Crippen LogP contribution >= 0.6 is 0 Å². The Labute approximate surface area is 104 Å². The number of rotatable bonds is 4. The van der Waals surface area contributed by atoms with Crippen LogP contribution < -0.4 is 5.73 Å². The van der Waals surface area contributed by atoms with Gasteiger partial charge in [0.15, 0.2) is 0 Å². The third-order valence-electron chi connectivity index (χ3n) is 3.56. The number of aromatic nitrogens is 1. The first-order valence-electron chi connectivity index (χ1n) is 6.62. The molecule has 2 N–H and O–H groups in total. The molecule has 1 saturated heterocycles. The predicted octanol–water partition coefficient (Wildman–Crippen LogP) is 1.95. The number of likely N-dealkylation sites (tertiary alicyclic amines) is 1. The molecular formula is C14H23N3. The zero-order valence-corrected chi connectivity index (χ0v) is 10.7. The van der Waals surface area contributed by atoms with Crippen LogP contribution in [0, 0.1) is 12.8 Å². The first-order chi connectivity index (χ1) is 8.28. The summed E-state index contributed by atoms with van der Waals surface area (Å²) in [5.74, 6) is 0.798. The van der Waals surface area contributed by atoms with E-state index in [2.05, 4.69) is 22.0 Å². The fraction of sp³-hybridized carbons (Fsp3) is 0.643. The van der Waals surface area contributed by atoms with Gasteiger partial charge in [0.25, 0.3) is 0 Å². The summed E-state index contributed by atoms with van der Waals surface area (Å²) in [7, 11) is 0. The Kier molecular flexibility index (Phi) is 4.51. The Hall–Kier alpha value is -0.930. The number of hydrogen-bond acceptors (Lipinski definition) is 3. The number of nitrogens with zero attached hydrogens (tertiary/aromatic N) is 2. The Morgan fingerprint density at radius 3 is 3.06 bits per heavy atom. The molecule has 3 nitrogen and oxygen atoms in total. The highest BCUT2D eigenvalue weighted by atomic mass is 15.1. The molecule has 1 unspecified atom stereocenters. The van der Waals surface area contributed by atoms with Gasteiger partial charge in [0, 0.05) is 25.0 Å². The summed E-state index contributed by atoms with van der Waals surface area (Å²) in [5.41, 5.74) is 8.06. The lowest BCUT2D eigenvalue weighted by Crippen LogP contribution is -2.35. The minimum atomic E-state index is 0.798. The minimum Gasteiger partial charge on any atom is -0.330 e. The van der Waals surface area contributed by atoms with Gasteiger partial charge in [-0.1, -0.05) is 6.07 Å². The van der Waals surface area contributed by atoms with Crippen molar-refractivity contribution in [2.75, 3.05) is 19.6 Å². The molecule has 0 aliphatic carbocycles. The molecule has 2 rings (SSSR count). The highest BCUT2D eigenvalue weighted by Gasteiger charge is 2.19. The van der Waals surface area contributed by atoms with E-state index in [4.69, 9.17) is 5.73 Å². The maximum atomic E-state index is 5.65. The quantitative estimate of drug-likeness (QED) is 0.864. The van der Waals surface area contributed by atoms with Crippen molar-refractivity contribution in [3.8, 4) is 0 Å². The van der Waals surface area contributed by atoms with Crippen molar-refractivity contribution in [3.63, 3.8) is 0 Å². The number of piperidine rings is 1. The van der Waals surface area contributed by atoms with Crippen LogP contribution in [0.3, 0.4) is 0 Å². The summed E-state index contributed by atoms with van der Waals surface area (Å²) in [6.07, 6.45) is 5.83. The van der Waals surface area contributed by atoms with Crippen LogP contribution in [0.1, 0.15) is 30.5 Å². The van der Waals surface area contributed by atoms with Gasteiger partial charge in [-0.05, 0) is 56.8 Å². The van der Waals surface area contributed by atoms with Crippen molar-refractivity contribution >= 4 is 0 Å². The lowest BCUT2D eigenvalue weighted by atomic mass is 9.94. The fourth-order valence-electron chi connectivity index (χ4n) is 2.62. The highest BCUT2D eigenvalue weighted by Crippen LogP contribution is 2.20. The molecule has 1 fully saturated rings. The molecule has 1 atom stereocenters. The van der Waals surface area contributed by atoms with Crippen LogP contribution in [0.5, 0.6) is 0 Å². The Bertz CT molecular complexity index is 332. The van der Waals surface area contributed by atoms with Crippen LogP contribution in [0.4, 0.5) is 0 Å². The van der Waals surface area contributed by atoms with Gasteiger partial charge < -0.3 is 5.73 Å². The van der Waals surface area contributed by atoms with Crippen LogP contribution in [-0.4, -0.2) is 29.5 Å². The number of pyridine rings is 1. The molecule has 0 amide bonds. The first-order valence-corrected chi connectivity index (χ1v) is 6.62. The summed E-state index contributed by atoms with van der Waals surface area (Å²) in [5, 5.41) is 0. The fourth-order valence-corrected chi connectivity index (χ4v) is 2.62. The van der Waals surface area contributed by atoms with E-state index in [1.54, 1.807) is 0 Å². The van der Waals surface area contributed by atoms with Crippen LogP contribution in [0.15, 0.2) is 18.3 Å². The maximum absolute atomic E-state index is 5.65. The molecule has 1 aliphatic heterocycles. The summed E-state index contributed by atoms with van der Waals surface area (Å²) in [4.78, 5) is 6.89. The Morgan fingerprint density at radius 1 is 1.47 bits per heavy atom. The van der Waals surface area contributed by atoms with Gasteiger partial charge in [-0.3, -0.25) is 9.88 Å². The van der Waals surface area contributed by atoms with Crippen LogP contribution in [-0.2, 0) is 6.54 Å². The maximum Gasteiger partial charge on any atom is 0.0372 e. The topological polar surface area (TPSA) is 42.1 Å². The molecule has 0 radical (unpaired) electrons. The number of nitrogens with two attached hydrogens (primary N) is 1. The molecule has 0 saturated carbocycles. The monoisotopic (exact) mass is 233 g/mol. The Balaban J connectivity index is 1.87. The van der Waals surface area contributed by atoms with Crippen molar-refractivity contribution in [3.05, 3.63) is 29.6 Å². The Morgan fingerprint density at radius 2 is 2.35 bits per heavy atom. The standard InChI is InChI=1S/C14H23N3/c1-12-4-5-14(9-16-12)11-17-8-2-3-13(10-17)6-7-15/h4-5,9,13H,2-3,6-8,10-11,15H2,1H3. The molecule has 0 aromatic carbocycles. The van der Waals surface area contributed by atoms with Crippen molar-refractivity contribution in [2.45, 2.75) is 32.7 Å². The molecule has 0 bridgehead atoms. The average Bonchev–Trinajstić information content (AvgIpc) is 2.33. The van der Waals surface area contributed by atoms with Crippen molar-refractivity contribution in [1.29, 1.82) is 0 Å². The molecule has 2 heterocycles. The molecule has 0 spiro atoms. The first kappa shape index (κ1) is 12.5. The second-order valence-corrected chi connectivity index (χ2v) is 5.13. The van der Waals surface area contributed by atoms with E-state index in [-0.39, 0.29) is 0 Å². The summed E-state index contributed by atoms with van der Waals surface area (Å²) in [6.45, 7) is 6.31. The van der Waals surface area contributed by atoms with Gasteiger partial charge in [-0.2, -0.15) is 0 Å². The lowest BCUT2D eigenvalue weighted by molar-refractivity contribution is 0.163. The predicted molar refractivity (Wildman–Crippen MR) is 70.6 cm³/mol. The normalized spacial score (nSPS) is 21.6. The molecule has 1 aliphatic rings. The summed E-state index contributed by atoms with van der Waals surface area (Å²) >= 11 is 0. The molecule has 1 aromatic rings. The molecule has 3 heteroatoms. The van der Waals surface area contributed by atoms with Gasteiger partial charge in [0.2, 0.25) is 0 Å². The van der Waals surface area contributed by atoms with Crippen molar-refractivity contribution < 1.29 is 0 Å². The third kappa shape index (κ3) is 3.79. The number of hydrogen-bond donors (Lipinski definition) is 1. The second-order valence-electron chi connectivity index (χ2n) is 5.13. The minimum absolute atomic E-state index is 0.798. The number of aryl methyl sites for hydroxylation is 1. The van der Waals surface area contributed by atoms with E-state index in [0.717, 1.165) is 24.7 Å². The van der Waals surface area contributed by atoms with Gasteiger partial charge >= 0.3 is 0 Å². The van der Waals surface area contributed by atoms with E-state index >= 15 is 0 Å². The van der Waals surface area contributed by atoms with E-state index in [1.165, 1.54) is 37.9 Å². The zero-order chi connectivity index (χ0) is 12.1. The molecule has 94 valence electrons. The van der Waals surface area contributed by atoms with Crippen molar-refractivity contribution in [1.82, 2.24) is 9.88 Å². The van der Waals surface area contributed by atoms with E-state index < -0.39 is 0 Å². The molecular weight excluding hydrogens is 210 g/mol. The van der Waals surface area contributed by atoms with E-state index in [0.29, 0.717) is 0 Å². The second kappa shape index (κ2) is 6.12. The smallest absolute Gasteiger partial charge is 0.0372 e.